The number of benzene rings is 3. The highest BCUT2D eigenvalue weighted by atomic mass is 32.2. The summed E-state index contributed by atoms with van der Waals surface area (Å²) >= 11 is 0. The Bertz CT molecular complexity index is 1360. The molecule has 0 bridgehead atoms. The van der Waals surface area contributed by atoms with Gasteiger partial charge in [-0.25, -0.2) is 13.1 Å². The highest BCUT2D eigenvalue weighted by Gasteiger charge is 2.33. The Morgan fingerprint density at radius 3 is 2.39 bits per heavy atom. The summed E-state index contributed by atoms with van der Waals surface area (Å²) in [5.74, 6) is 0.260. The van der Waals surface area contributed by atoms with Crippen LogP contribution in [0.5, 0.6) is 11.5 Å². The molecule has 1 aliphatic heterocycles. The molecule has 38 heavy (non-hydrogen) atoms. The molecule has 200 valence electrons. The van der Waals surface area contributed by atoms with Gasteiger partial charge >= 0.3 is 0 Å². The number of amides is 2. The van der Waals surface area contributed by atoms with Crippen molar-refractivity contribution < 1.29 is 27.5 Å². The third-order valence-corrected chi connectivity index (χ3v) is 7.29. The van der Waals surface area contributed by atoms with E-state index >= 15 is 0 Å². The van der Waals surface area contributed by atoms with E-state index in [1.807, 2.05) is 44.2 Å². The molecule has 9 nitrogen and oxygen atoms in total. The van der Waals surface area contributed by atoms with Gasteiger partial charge in [0.25, 0.3) is 11.8 Å². The van der Waals surface area contributed by atoms with Gasteiger partial charge in [-0.05, 0) is 47.9 Å². The molecule has 1 heterocycles. The number of anilines is 1. The average Bonchev–Trinajstić information content (AvgIpc) is 2.93. The Balaban J connectivity index is 1.39. The molecule has 0 fully saturated rings. The smallest absolute Gasteiger partial charge is 0.265 e. The Morgan fingerprint density at radius 1 is 1.00 bits per heavy atom. The first-order valence-electron chi connectivity index (χ1n) is 12.3. The number of para-hydroxylation sites is 2. The maximum absolute atomic E-state index is 13.2. The first-order valence-corrected chi connectivity index (χ1v) is 13.8. The van der Waals surface area contributed by atoms with E-state index in [1.54, 1.807) is 24.3 Å². The minimum atomic E-state index is -3.62. The van der Waals surface area contributed by atoms with Gasteiger partial charge in [0.05, 0.1) is 17.1 Å². The van der Waals surface area contributed by atoms with Gasteiger partial charge < -0.3 is 19.7 Å². The summed E-state index contributed by atoms with van der Waals surface area (Å²) < 4.78 is 38.9. The van der Waals surface area contributed by atoms with Crippen molar-refractivity contribution in [2.75, 3.05) is 24.6 Å². The first-order chi connectivity index (χ1) is 18.2. The van der Waals surface area contributed by atoms with E-state index in [-0.39, 0.29) is 35.8 Å². The Hall–Kier alpha value is -3.89. The molecule has 2 N–H and O–H groups in total. The van der Waals surface area contributed by atoms with Crippen LogP contribution in [-0.4, -0.2) is 46.0 Å². The number of nitrogens with zero attached hydrogens (tertiary/aromatic N) is 1. The van der Waals surface area contributed by atoms with Crippen molar-refractivity contribution in [2.24, 2.45) is 5.92 Å². The zero-order valence-electron chi connectivity index (χ0n) is 21.3. The quantitative estimate of drug-likeness (QED) is 0.411. The number of nitrogens with one attached hydrogen (secondary N) is 2. The summed E-state index contributed by atoms with van der Waals surface area (Å²) in [6.45, 7) is 4.24. The monoisotopic (exact) mass is 537 g/mol. The lowest BCUT2D eigenvalue weighted by Crippen LogP contribution is -2.51. The van der Waals surface area contributed by atoms with Gasteiger partial charge in [-0.3, -0.25) is 9.59 Å². The van der Waals surface area contributed by atoms with Gasteiger partial charge in [-0.15, -0.1) is 0 Å². The number of rotatable bonds is 10. The van der Waals surface area contributed by atoms with Gasteiger partial charge in [0.2, 0.25) is 10.0 Å². The average molecular weight is 538 g/mol. The van der Waals surface area contributed by atoms with Crippen molar-refractivity contribution in [3.63, 3.8) is 0 Å². The fourth-order valence-corrected chi connectivity index (χ4v) is 5.02. The number of fused-ring (bicyclic) bond motifs is 1. The summed E-state index contributed by atoms with van der Waals surface area (Å²) in [6.07, 6.45) is -0.889. The second-order valence-electron chi connectivity index (χ2n) is 9.29. The molecule has 0 saturated carbocycles. The molecule has 10 heteroatoms. The lowest BCUT2D eigenvalue weighted by molar-refractivity contribution is -0.128. The SMILES string of the molecule is CC(C)CNS(=O)(=O)c1ccc(OCC(=O)N2C[C@@H](C(=O)NCc3ccccc3)Oc3ccccc32)cc1. The van der Waals surface area contributed by atoms with Crippen molar-refractivity contribution in [3.05, 3.63) is 84.4 Å². The lowest BCUT2D eigenvalue weighted by atomic mass is 10.1. The van der Waals surface area contributed by atoms with E-state index in [4.69, 9.17) is 9.47 Å². The van der Waals surface area contributed by atoms with Gasteiger partial charge in [0.1, 0.15) is 11.5 Å². The molecule has 1 atom stereocenters. The van der Waals surface area contributed by atoms with Crippen molar-refractivity contribution in [1.82, 2.24) is 10.0 Å². The predicted molar refractivity (Wildman–Crippen MR) is 143 cm³/mol. The molecular weight excluding hydrogens is 506 g/mol. The summed E-state index contributed by atoms with van der Waals surface area (Å²) in [5, 5.41) is 2.86. The maximum Gasteiger partial charge on any atom is 0.265 e. The Morgan fingerprint density at radius 2 is 1.68 bits per heavy atom. The van der Waals surface area contributed by atoms with Crippen LogP contribution in [0.15, 0.2) is 83.8 Å². The second-order valence-corrected chi connectivity index (χ2v) is 11.1. The van der Waals surface area contributed by atoms with E-state index in [1.165, 1.54) is 29.2 Å². The van der Waals surface area contributed by atoms with Gasteiger partial charge in [-0.1, -0.05) is 56.3 Å². The number of sulfonamides is 1. The summed E-state index contributed by atoms with van der Waals surface area (Å²) in [5.41, 5.74) is 1.50. The molecular formula is C28H31N3O6S. The Labute approximate surface area is 222 Å². The summed E-state index contributed by atoms with van der Waals surface area (Å²) in [4.78, 5) is 27.6. The molecule has 4 rings (SSSR count). The number of carbonyl (C=O) groups is 2. The lowest BCUT2D eigenvalue weighted by Gasteiger charge is -2.34. The maximum atomic E-state index is 13.2. The van der Waals surface area contributed by atoms with Crippen molar-refractivity contribution >= 4 is 27.5 Å². The summed E-state index contributed by atoms with van der Waals surface area (Å²) in [7, 11) is -3.62. The van der Waals surface area contributed by atoms with Crippen LogP contribution in [0.1, 0.15) is 19.4 Å². The zero-order chi connectivity index (χ0) is 27.1. The fraction of sp³-hybridized carbons (Fsp3) is 0.286. The highest BCUT2D eigenvalue weighted by Crippen LogP contribution is 2.33. The minimum Gasteiger partial charge on any atom is -0.484 e. The molecule has 3 aromatic rings. The van der Waals surface area contributed by atoms with Crippen molar-refractivity contribution in [2.45, 2.75) is 31.4 Å². The van der Waals surface area contributed by atoms with Gasteiger partial charge in [0, 0.05) is 13.1 Å². The van der Waals surface area contributed by atoms with Crippen LogP contribution in [0.3, 0.4) is 0 Å². The van der Waals surface area contributed by atoms with Crippen molar-refractivity contribution in [3.8, 4) is 11.5 Å². The first kappa shape index (κ1) is 27.2. The van der Waals surface area contributed by atoms with Crippen molar-refractivity contribution in [1.29, 1.82) is 0 Å². The van der Waals surface area contributed by atoms with E-state index in [9.17, 15) is 18.0 Å². The molecule has 0 aliphatic carbocycles. The molecule has 0 aromatic heterocycles. The molecule has 0 spiro atoms. The van der Waals surface area contributed by atoms with Crippen LogP contribution in [0.2, 0.25) is 0 Å². The van der Waals surface area contributed by atoms with E-state index in [0.717, 1.165) is 5.56 Å². The predicted octanol–water partition coefficient (Wildman–Crippen LogP) is 3.11. The molecule has 3 aromatic carbocycles. The Kier molecular flexibility index (Phi) is 8.65. The summed E-state index contributed by atoms with van der Waals surface area (Å²) in [6, 6.07) is 22.4. The minimum absolute atomic E-state index is 0.0263. The van der Waals surface area contributed by atoms with E-state index in [2.05, 4.69) is 10.0 Å². The van der Waals surface area contributed by atoms with Gasteiger partial charge in [0.15, 0.2) is 12.7 Å². The number of ether oxygens (including phenoxy) is 2. The van der Waals surface area contributed by atoms with E-state index in [0.29, 0.717) is 30.3 Å². The van der Waals surface area contributed by atoms with Crippen LogP contribution in [0, 0.1) is 5.92 Å². The molecule has 2 amide bonds. The topological polar surface area (TPSA) is 114 Å². The molecule has 0 unspecified atom stereocenters. The molecule has 0 radical (unpaired) electrons. The zero-order valence-corrected chi connectivity index (χ0v) is 22.1. The third-order valence-electron chi connectivity index (χ3n) is 5.85. The van der Waals surface area contributed by atoms with Crippen LogP contribution in [0.4, 0.5) is 5.69 Å². The van der Waals surface area contributed by atoms with Gasteiger partial charge in [-0.2, -0.15) is 0 Å². The number of hydrogen-bond acceptors (Lipinski definition) is 6. The largest absolute Gasteiger partial charge is 0.484 e. The normalized spacial score (nSPS) is 14.9. The molecule has 1 aliphatic rings. The fourth-order valence-electron chi connectivity index (χ4n) is 3.80. The number of hydrogen-bond donors (Lipinski definition) is 2. The van der Waals surface area contributed by atoms with Crippen LogP contribution in [-0.2, 0) is 26.2 Å². The molecule has 0 saturated heterocycles. The number of carbonyl (C=O) groups excluding carboxylic acids is 2. The third kappa shape index (κ3) is 6.90. The highest BCUT2D eigenvalue weighted by molar-refractivity contribution is 7.89. The van der Waals surface area contributed by atoms with Crippen LogP contribution < -0.4 is 24.4 Å². The van der Waals surface area contributed by atoms with Crippen LogP contribution >= 0.6 is 0 Å². The van der Waals surface area contributed by atoms with E-state index < -0.39 is 16.1 Å². The second kappa shape index (κ2) is 12.1. The standard InChI is InChI=1S/C28H31N3O6S/c1-20(2)16-30-38(34,35)23-14-12-22(13-15-23)36-19-27(32)31-18-26(37-25-11-7-6-10-24(25)31)28(33)29-17-21-8-4-3-5-9-21/h3-15,20,26,30H,16-19H2,1-2H3,(H,29,33)/t26-/m0/s1. The van der Waals surface area contributed by atoms with Crippen LogP contribution in [0.25, 0.3) is 0 Å².